The highest BCUT2D eigenvalue weighted by atomic mass is 16.5. The Morgan fingerprint density at radius 2 is 2.09 bits per heavy atom. The molecule has 23 heavy (non-hydrogen) atoms. The fraction of sp³-hybridized carbons (Fsp3) is 1.00. The van der Waals surface area contributed by atoms with Crippen LogP contribution in [0.2, 0.25) is 0 Å². The monoisotopic (exact) mass is 320 g/mol. The van der Waals surface area contributed by atoms with Crippen molar-refractivity contribution >= 4 is 0 Å². The summed E-state index contributed by atoms with van der Waals surface area (Å²) in [4.78, 5) is 2.76. The molecule has 0 aromatic heterocycles. The third-order valence-electron chi connectivity index (χ3n) is 8.05. The van der Waals surface area contributed by atoms with Crippen LogP contribution in [-0.2, 0) is 4.74 Å². The Hall–Kier alpha value is -0.160. The predicted octanol–water partition coefficient (Wildman–Crippen LogP) is 1.77. The zero-order valence-corrected chi connectivity index (χ0v) is 14.4. The Morgan fingerprint density at radius 3 is 2.87 bits per heavy atom. The van der Waals surface area contributed by atoms with E-state index in [1.54, 1.807) is 0 Å². The van der Waals surface area contributed by atoms with Crippen LogP contribution in [-0.4, -0.2) is 59.5 Å². The van der Waals surface area contributed by atoms with E-state index in [2.05, 4.69) is 17.1 Å². The first-order valence-corrected chi connectivity index (χ1v) is 10.0. The van der Waals surface area contributed by atoms with Crippen molar-refractivity contribution in [2.75, 3.05) is 19.6 Å². The van der Waals surface area contributed by atoms with Gasteiger partial charge in [0.15, 0.2) is 0 Å². The minimum Gasteiger partial charge on any atom is -0.393 e. The molecular formula is C19H32N2O2. The zero-order valence-electron chi connectivity index (χ0n) is 14.4. The summed E-state index contributed by atoms with van der Waals surface area (Å²) >= 11 is 0. The summed E-state index contributed by atoms with van der Waals surface area (Å²) in [5.41, 5.74) is 0.144. The van der Waals surface area contributed by atoms with Gasteiger partial charge in [-0.2, -0.15) is 0 Å². The lowest BCUT2D eigenvalue weighted by Crippen LogP contribution is -2.74. The second-order valence-corrected chi connectivity index (χ2v) is 8.90. The maximum atomic E-state index is 10.2. The van der Waals surface area contributed by atoms with Crippen LogP contribution in [0.15, 0.2) is 0 Å². The summed E-state index contributed by atoms with van der Waals surface area (Å²) in [5.74, 6) is 2.06. The van der Waals surface area contributed by atoms with Crippen molar-refractivity contribution < 1.29 is 9.84 Å². The van der Waals surface area contributed by atoms with Crippen LogP contribution in [0.3, 0.4) is 0 Å². The van der Waals surface area contributed by atoms with E-state index in [-0.39, 0.29) is 11.7 Å². The van der Waals surface area contributed by atoms with E-state index in [0.717, 1.165) is 31.7 Å². The molecule has 7 rings (SSSR count). The molecule has 130 valence electrons. The number of morpholine rings is 1. The second-order valence-electron chi connectivity index (χ2n) is 8.90. The number of rotatable bonds is 2. The zero-order chi connectivity index (χ0) is 15.6. The molecule has 0 spiro atoms. The van der Waals surface area contributed by atoms with Gasteiger partial charge in [-0.25, -0.2) is 0 Å². The van der Waals surface area contributed by atoms with Crippen molar-refractivity contribution in [3.8, 4) is 0 Å². The molecule has 4 heteroatoms. The Balaban J connectivity index is 1.43. The summed E-state index contributed by atoms with van der Waals surface area (Å²) in [5, 5.41) is 14.0. The van der Waals surface area contributed by atoms with Crippen LogP contribution in [0.25, 0.3) is 0 Å². The van der Waals surface area contributed by atoms with Gasteiger partial charge in [-0.05, 0) is 75.8 Å². The van der Waals surface area contributed by atoms with Crippen molar-refractivity contribution in [1.82, 2.24) is 10.2 Å². The molecule has 2 N–H and O–H groups in total. The van der Waals surface area contributed by atoms with Crippen molar-refractivity contribution in [3.63, 3.8) is 0 Å². The molecule has 0 aromatic rings. The second kappa shape index (κ2) is 5.42. The summed E-state index contributed by atoms with van der Waals surface area (Å²) in [6, 6.07) is 1.27. The smallest absolute Gasteiger partial charge is 0.0840 e. The fourth-order valence-electron chi connectivity index (χ4n) is 6.84. The Morgan fingerprint density at radius 1 is 1.17 bits per heavy atom. The number of fused-ring (bicyclic) bond motifs is 3. The molecule has 0 aromatic carbocycles. The average molecular weight is 320 g/mol. The topological polar surface area (TPSA) is 44.7 Å². The normalized spacial score (nSPS) is 58.2. The van der Waals surface area contributed by atoms with Crippen molar-refractivity contribution in [3.05, 3.63) is 0 Å². The molecule has 7 fully saturated rings. The third kappa shape index (κ3) is 2.18. The summed E-state index contributed by atoms with van der Waals surface area (Å²) in [7, 11) is 0. The minimum atomic E-state index is -0.0867. The van der Waals surface area contributed by atoms with Crippen LogP contribution in [0.4, 0.5) is 0 Å². The van der Waals surface area contributed by atoms with Gasteiger partial charge in [0.25, 0.3) is 0 Å². The molecule has 4 bridgehead atoms. The van der Waals surface area contributed by atoms with Gasteiger partial charge in [0.2, 0.25) is 0 Å². The van der Waals surface area contributed by atoms with E-state index in [1.165, 1.54) is 38.8 Å². The summed E-state index contributed by atoms with van der Waals surface area (Å²) in [6.45, 7) is 5.93. The van der Waals surface area contributed by atoms with Crippen LogP contribution in [0.1, 0.15) is 51.9 Å². The van der Waals surface area contributed by atoms with Gasteiger partial charge in [-0.15, -0.1) is 0 Å². The van der Waals surface area contributed by atoms with Gasteiger partial charge >= 0.3 is 0 Å². The number of hydrogen-bond acceptors (Lipinski definition) is 4. The molecule has 0 amide bonds. The van der Waals surface area contributed by atoms with E-state index in [4.69, 9.17) is 4.74 Å². The van der Waals surface area contributed by atoms with Crippen LogP contribution in [0.5, 0.6) is 0 Å². The highest BCUT2D eigenvalue weighted by Crippen LogP contribution is 2.53. The molecule has 0 radical (unpaired) electrons. The molecule has 6 aliphatic heterocycles. The molecule has 1 saturated carbocycles. The number of ether oxygens (including phenoxy) is 1. The van der Waals surface area contributed by atoms with Crippen LogP contribution in [0, 0.1) is 17.8 Å². The fourth-order valence-corrected chi connectivity index (χ4v) is 6.84. The molecule has 4 nitrogen and oxygen atoms in total. The first kappa shape index (κ1) is 15.1. The highest BCUT2D eigenvalue weighted by Gasteiger charge is 2.60. The van der Waals surface area contributed by atoms with Gasteiger partial charge < -0.3 is 15.2 Å². The van der Waals surface area contributed by atoms with E-state index in [9.17, 15) is 5.11 Å². The van der Waals surface area contributed by atoms with Gasteiger partial charge in [0.1, 0.15) is 0 Å². The lowest BCUT2D eigenvalue weighted by molar-refractivity contribution is -0.290. The Bertz CT molecular complexity index is 472. The van der Waals surface area contributed by atoms with Gasteiger partial charge in [0, 0.05) is 18.6 Å². The van der Waals surface area contributed by atoms with Crippen LogP contribution < -0.4 is 5.32 Å². The summed E-state index contributed by atoms with van der Waals surface area (Å²) < 4.78 is 6.93. The van der Waals surface area contributed by atoms with Crippen molar-refractivity contribution in [1.29, 1.82) is 0 Å². The Labute approximate surface area is 139 Å². The Kier molecular flexibility index (Phi) is 3.56. The molecular weight excluding hydrogens is 288 g/mol. The third-order valence-corrected chi connectivity index (χ3v) is 8.05. The molecule has 6 heterocycles. The number of aliphatic hydroxyl groups is 1. The standard InChI is InChI=1S/C19H32N2O2/c1-2-19-11-21-8-6-12(19)9-17(21)18(23-19)14-5-7-20-16-4-3-13(22)10-15(14)16/h12-18,20,22H,2-11H2,1H3/t12?,13-,14?,15?,16?,17?,18+,19?/m1/s1. The van der Waals surface area contributed by atoms with Crippen molar-refractivity contribution in [2.45, 2.75) is 81.8 Å². The van der Waals surface area contributed by atoms with Crippen LogP contribution >= 0.6 is 0 Å². The number of piperidine rings is 4. The maximum absolute atomic E-state index is 10.2. The predicted molar refractivity (Wildman–Crippen MR) is 89.2 cm³/mol. The maximum Gasteiger partial charge on any atom is 0.0840 e. The first-order chi connectivity index (χ1) is 11.2. The number of aliphatic hydroxyl groups excluding tert-OH is 1. The summed E-state index contributed by atoms with van der Waals surface area (Å²) in [6.07, 6.45) is 8.53. The number of hydrogen-bond donors (Lipinski definition) is 2. The van der Waals surface area contributed by atoms with Gasteiger partial charge in [-0.1, -0.05) is 6.92 Å². The number of nitrogens with one attached hydrogen (secondary N) is 1. The van der Waals surface area contributed by atoms with E-state index >= 15 is 0 Å². The van der Waals surface area contributed by atoms with E-state index in [0.29, 0.717) is 30.0 Å². The largest absolute Gasteiger partial charge is 0.393 e. The van der Waals surface area contributed by atoms with E-state index in [1.807, 2.05) is 0 Å². The quantitative estimate of drug-likeness (QED) is 0.814. The lowest BCUT2D eigenvalue weighted by Gasteiger charge is -2.66. The minimum absolute atomic E-state index is 0.0867. The van der Waals surface area contributed by atoms with Gasteiger partial charge in [-0.3, -0.25) is 4.90 Å². The van der Waals surface area contributed by atoms with Gasteiger partial charge in [0.05, 0.1) is 17.8 Å². The molecule has 7 unspecified atom stereocenters. The van der Waals surface area contributed by atoms with Crippen molar-refractivity contribution in [2.24, 2.45) is 17.8 Å². The molecule has 9 atom stereocenters. The lowest BCUT2D eigenvalue weighted by atomic mass is 9.62. The molecule has 6 saturated heterocycles. The molecule has 7 aliphatic rings. The molecule has 1 aliphatic carbocycles. The number of nitrogens with zero attached hydrogens (tertiary/aromatic N) is 1. The SMILES string of the molecule is CCC12CN3CCC1CC3[C@H](C1CCNC3CC[C@@H](O)CC31)O2. The average Bonchev–Trinajstić information content (AvgIpc) is 2.61. The first-order valence-electron chi connectivity index (χ1n) is 10.0. The van der Waals surface area contributed by atoms with E-state index < -0.39 is 0 Å². The highest BCUT2D eigenvalue weighted by molar-refractivity contribution is 5.12.